The smallest absolute Gasteiger partial charge is 0.211 e. The maximum Gasteiger partial charge on any atom is 0.211 e. The average molecular weight is 385 g/mol. The number of halogens is 2. The van der Waals surface area contributed by atoms with E-state index < -0.39 is 0 Å². The largest absolute Gasteiger partial charge is 0.320 e. The highest BCUT2D eigenvalue weighted by atomic mass is 35.5. The molecule has 0 amide bonds. The van der Waals surface area contributed by atoms with E-state index in [1.807, 2.05) is 34.9 Å². The second-order valence-corrected chi connectivity index (χ2v) is 7.02. The molecule has 130 valence electrons. The zero-order valence-corrected chi connectivity index (χ0v) is 15.3. The SMILES string of the molecule is C=CCn1c2ccccc2c2nnc(SCc3c(F)cccc3Cl)nc21. The van der Waals surface area contributed by atoms with Crippen molar-refractivity contribution in [2.45, 2.75) is 17.5 Å². The second kappa shape index (κ2) is 7.05. The highest BCUT2D eigenvalue weighted by molar-refractivity contribution is 7.98. The van der Waals surface area contributed by atoms with Crippen LogP contribution in [0.4, 0.5) is 4.39 Å². The Bertz CT molecular complexity index is 1110. The first kappa shape index (κ1) is 17.0. The molecule has 0 aliphatic heterocycles. The van der Waals surface area contributed by atoms with Gasteiger partial charge in [-0.1, -0.05) is 53.7 Å². The van der Waals surface area contributed by atoms with E-state index >= 15 is 0 Å². The fraction of sp³-hybridized carbons (Fsp3) is 0.105. The molecule has 0 atom stereocenters. The van der Waals surface area contributed by atoms with Crippen molar-refractivity contribution in [2.75, 3.05) is 0 Å². The number of benzene rings is 2. The number of fused-ring (bicyclic) bond motifs is 3. The summed E-state index contributed by atoms with van der Waals surface area (Å²) < 4.78 is 16.0. The Balaban J connectivity index is 1.74. The summed E-state index contributed by atoms with van der Waals surface area (Å²) in [5, 5.41) is 10.4. The second-order valence-electron chi connectivity index (χ2n) is 5.67. The molecule has 26 heavy (non-hydrogen) atoms. The number of nitrogens with zero attached hydrogens (tertiary/aromatic N) is 4. The molecular weight excluding hydrogens is 371 g/mol. The van der Waals surface area contributed by atoms with Crippen LogP contribution in [0.2, 0.25) is 5.02 Å². The van der Waals surface area contributed by atoms with Crippen LogP contribution in [0, 0.1) is 5.82 Å². The van der Waals surface area contributed by atoms with Crippen LogP contribution >= 0.6 is 23.4 Å². The number of para-hydroxylation sites is 1. The number of allylic oxidation sites excluding steroid dienone is 1. The van der Waals surface area contributed by atoms with Crippen LogP contribution in [0.3, 0.4) is 0 Å². The minimum absolute atomic E-state index is 0.334. The molecule has 4 nitrogen and oxygen atoms in total. The lowest BCUT2D eigenvalue weighted by molar-refractivity contribution is 0.617. The first-order valence-electron chi connectivity index (χ1n) is 7.97. The van der Waals surface area contributed by atoms with Crippen molar-refractivity contribution in [3.63, 3.8) is 0 Å². The monoisotopic (exact) mass is 384 g/mol. The molecule has 4 rings (SSSR count). The average Bonchev–Trinajstić information content (AvgIpc) is 2.95. The number of hydrogen-bond donors (Lipinski definition) is 0. The molecule has 0 saturated carbocycles. The van der Waals surface area contributed by atoms with E-state index in [1.165, 1.54) is 17.8 Å². The van der Waals surface area contributed by atoms with Crippen LogP contribution < -0.4 is 0 Å². The normalized spacial score (nSPS) is 11.3. The van der Waals surface area contributed by atoms with E-state index in [2.05, 4.69) is 21.8 Å². The number of hydrogen-bond acceptors (Lipinski definition) is 4. The van der Waals surface area contributed by atoms with Gasteiger partial charge < -0.3 is 4.57 Å². The van der Waals surface area contributed by atoms with Crippen LogP contribution in [-0.4, -0.2) is 19.7 Å². The van der Waals surface area contributed by atoms with Crippen molar-refractivity contribution >= 4 is 45.4 Å². The summed E-state index contributed by atoms with van der Waals surface area (Å²) in [6.45, 7) is 4.44. The Kier molecular flexibility index (Phi) is 4.61. The van der Waals surface area contributed by atoms with Crippen LogP contribution in [0.25, 0.3) is 22.1 Å². The molecule has 0 radical (unpaired) electrons. The van der Waals surface area contributed by atoms with E-state index in [1.54, 1.807) is 12.1 Å². The molecule has 0 bridgehead atoms. The van der Waals surface area contributed by atoms with Crippen molar-refractivity contribution in [3.8, 4) is 0 Å². The summed E-state index contributed by atoms with van der Waals surface area (Å²) >= 11 is 7.39. The van der Waals surface area contributed by atoms with Crippen molar-refractivity contribution in [1.29, 1.82) is 0 Å². The Morgan fingerprint density at radius 1 is 1.15 bits per heavy atom. The Labute approximate surface area is 158 Å². The van der Waals surface area contributed by atoms with Gasteiger partial charge in [-0.3, -0.25) is 0 Å². The number of rotatable bonds is 5. The molecule has 4 aromatic rings. The maximum absolute atomic E-state index is 13.9. The van der Waals surface area contributed by atoms with Gasteiger partial charge in [0.2, 0.25) is 5.16 Å². The molecule has 0 aliphatic rings. The minimum Gasteiger partial charge on any atom is -0.320 e. The summed E-state index contributed by atoms with van der Waals surface area (Å²) in [7, 11) is 0. The third kappa shape index (κ3) is 2.95. The molecule has 0 spiro atoms. The zero-order valence-electron chi connectivity index (χ0n) is 13.7. The van der Waals surface area contributed by atoms with Crippen LogP contribution in [0.5, 0.6) is 0 Å². The molecule has 2 aromatic heterocycles. The Hall–Kier alpha value is -2.44. The van der Waals surface area contributed by atoms with Crippen molar-refractivity contribution < 1.29 is 4.39 Å². The van der Waals surface area contributed by atoms with E-state index in [4.69, 9.17) is 11.6 Å². The van der Waals surface area contributed by atoms with Gasteiger partial charge in [0.05, 0.1) is 5.52 Å². The van der Waals surface area contributed by atoms with Gasteiger partial charge in [0, 0.05) is 28.3 Å². The summed E-state index contributed by atoms with van der Waals surface area (Å²) in [5.74, 6) is 0.000199. The third-order valence-corrected chi connectivity index (χ3v) is 5.29. The highest BCUT2D eigenvalue weighted by Gasteiger charge is 2.15. The van der Waals surface area contributed by atoms with E-state index in [0.29, 0.717) is 28.0 Å². The lowest BCUT2D eigenvalue weighted by Gasteiger charge is -2.05. The highest BCUT2D eigenvalue weighted by Crippen LogP contribution is 2.30. The van der Waals surface area contributed by atoms with Gasteiger partial charge in [-0.05, 0) is 18.2 Å². The van der Waals surface area contributed by atoms with Gasteiger partial charge in [0.1, 0.15) is 11.3 Å². The Morgan fingerprint density at radius 2 is 2.00 bits per heavy atom. The summed E-state index contributed by atoms with van der Waals surface area (Å²) in [6.07, 6.45) is 1.82. The molecule has 2 heterocycles. The first-order valence-corrected chi connectivity index (χ1v) is 9.33. The van der Waals surface area contributed by atoms with Gasteiger partial charge >= 0.3 is 0 Å². The third-order valence-electron chi connectivity index (χ3n) is 4.07. The predicted molar refractivity (Wildman–Crippen MR) is 104 cm³/mol. The van der Waals surface area contributed by atoms with E-state index in [0.717, 1.165) is 22.1 Å². The number of aromatic nitrogens is 4. The van der Waals surface area contributed by atoms with Crippen molar-refractivity contribution in [1.82, 2.24) is 19.7 Å². The zero-order chi connectivity index (χ0) is 18.1. The van der Waals surface area contributed by atoms with Crippen molar-refractivity contribution in [2.24, 2.45) is 0 Å². The fourth-order valence-corrected chi connectivity index (χ4v) is 4.00. The summed E-state index contributed by atoms with van der Waals surface area (Å²) in [5.41, 5.74) is 2.96. The summed E-state index contributed by atoms with van der Waals surface area (Å²) in [6, 6.07) is 12.6. The van der Waals surface area contributed by atoms with E-state index in [-0.39, 0.29) is 5.82 Å². The van der Waals surface area contributed by atoms with Gasteiger partial charge in [-0.2, -0.15) is 0 Å². The van der Waals surface area contributed by atoms with Gasteiger partial charge in [0.15, 0.2) is 5.65 Å². The van der Waals surface area contributed by atoms with E-state index in [9.17, 15) is 4.39 Å². The standard InChI is InChI=1S/C19H14ClFN4S/c1-2-10-25-16-9-4-3-6-12(16)17-18(25)22-19(24-23-17)26-11-13-14(20)7-5-8-15(13)21/h2-9H,1,10-11H2. The van der Waals surface area contributed by atoms with Crippen LogP contribution in [-0.2, 0) is 12.3 Å². The maximum atomic E-state index is 13.9. The van der Waals surface area contributed by atoms with Gasteiger partial charge in [-0.15, -0.1) is 16.8 Å². The summed E-state index contributed by atoms with van der Waals surface area (Å²) in [4.78, 5) is 4.64. The predicted octanol–water partition coefficient (Wildman–Crippen LogP) is 5.25. The van der Waals surface area contributed by atoms with Gasteiger partial charge in [0.25, 0.3) is 0 Å². The molecule has 0 N–H and O–H groups in total. The molecular formula is C19H14ClFN4S. The van der Waals surface area contributed by atoms with Gasteiger partial charge in [-0.25, -0.2) is 9.37 Å². The van der Waals surface area contributed by atoms with Crippen LogP contribution in [0.15, 0.2) is 60.3 Å². The number of thioether (sulfide) groups is 1. The van der Waals surface area contributed by atoms with Crippen molar-refractivity contribution in [3.05, 3.63) is 71.5 Å². The molecule has 0 unspecified atom stereocenters. The van der Waals surface area contributed by atoms with Crippen LogP contribution in [0.1, 0.15) is 5.56 Å². The fourth-order valence-electron chi connectivity index (χ4n) is 2.87. The molecule has 0 fully saturated rings. The first-order chi connectivity index (χ1) is 12.7. The molecule has 2 aromatic carbocycles. The lowest BCUT2D eigenvalue weighted by Crippen LogP contribution is -1.99. The molecule has 7 heteroatoms. The quantitative estimate of drug-likeness (QED) is 0.348. The topological polar surface area (TPSA) is 43.6 Å². The lowest BCUT2D eigenvalue weighted by atomic mass is 10.2. The minimum atomic E-state index is -0.334. The molecule has 0 aliphatic carbocycles. The Morgan fingerprint density at radius 3 is 2.81 bits per heavy atom. The molecule has 0 saturated heterocycles.